The normalized spacial score (nSPS) is 29.2. The lowest BCUT2D eigenvalue weighted by atomic mass is 10.0. The molecule has 0 amide bonds. The molecule has 0 aromatic carbocycles. The molecule has 2 aliphatic rings. The molecule has 0 spiro atoms. The zero-order valence-corrected chi connectivity index (χ0v) is 8.21. The molecule has 1 N–H and O–H groups in total. The van der Waals surface area contributed by atoms with Gasteiger partial charge in [0, 0.05) is 32.2 Å². The Morgan fingerprint density at radius 3 is 2.23 bits per heavy atom. The molecule has 0 unspecified atom stereocenters. The van der Waals surface area contributed by atoms with Gasteiger partial charge in [-0.15, -0.1) is 0 Å². The van der Waals surface area contributed by atoms with Gasteiger partial charge < -0.3 is 10.1 Å². The van der Waals surface area contributed by atoms with E-state index < -0.39 is 0 Å². The second-order valence-electron chi connectivity index (χ2n) is 4.05. The predicted octanol–water partition coefficient (Wildman–Crippen LogP) is -0.560. The molecule has 0 aromatic rings. The second kappa shape index (κ2) is 4.44. The monoisotopic (exact) mass is 179 g/mol. The van der Waals surface area contributed by atoms with Gasteiger partial charge in [0.25, 0.3) is 0 Å². The van der Waals surface area contributed by atoms with Crippen molar-refractivity contribution in [3.8, 4) is 0 Å². The molecular formula is C9H18BN3. The molecule has 13 heavy (non-hydrogen) atoms. The quantitative estimate of drug-likeness (QED) is 0.544. The van der Waals surface area contributed by atoms with Gasteiger partial charge in [-0.1, -0.05) is 0 Å². The summed E-state index contributed by atoms with van der Waals surface area (Å²) >= 11 is 0. The van der Waals surface area contributed by atoms with E-state index in [9.17, 15) is 0 Å². The van der Waals surface area contributed by atoms with Gasteiger partial charge >= 0.3 is 0 Å². The van der Waals surface area contributed by atoms with Crippen molar-refractivity contribution >= 4 is 7.98 Å². The van der Waals surface area contributed by atoms with Crippen LogP contribution in [-0.4, -0.2) is 63.0 Å². The standard InChI is InChI=1S/C9H18BN3/c10-13-5-1-9(2-6-13)12-7-3-11-4-8-12/h9,11H,1-8H2. The SMILES string of the molecule is [B]N1CCC(N2CCNCC2)CC1. The Balaban J connectivity index is 1.79. The predicted molar refractivity (Wildman–Crippen MR) is 54.8 cm³/mol. The lowest BCUT2D eigenvalue weighted by molar-refractivity contribution is 0.125. The van der Waals surface area contributed by atoms with E-state index in [1.165, 1.54) is 25.9 Å². The average Bonchev–Trinajstić information content (AvgIpc) is 2.20. The first-order valence-corrected chi connectivity index (χ1v) is 5.30. The van der Waals surface area contributed by atoms with Gasteiger partial charge in [0.2, 0.25) is 0 Å². The van der Waals surface area contributed by atoms with Gasteiger partial charge in [0.15, 0.2) is 7.98 Å². The molecule has 0 aliphatic carbocycles. The molecule has 0 saturated carbocycles. The highest BCUT2D eigenvalue weighted by Crippen LogP contribution is 2.15. The zero-order chi connectivity index (χ0) is 9.10. The van der Waals surface area contributed by atoms with Crippen molar-refractivity contribution in [2.75, 3.05) is 39.3 Å². The molecule has 0 atom stereocenters. The van der Waals surface area contributed by atoms with Crippen LogP contribution in [0.1, 0.15) is 12.8 Å². The number of rotatable bonds is 1. The van der Waals surface area contributed by atoms with Crippen LogP contribution in [0.5, 0.6) is 0 Å². The number of piperidine rings is 1. The third-order valence-electron chi connectivity index (χ3n) is 3.17. The van der Waals surface area contributed by atoms with Crippen LogP contribution in [0.3, 0.4) is 0 Å². The van der Waals surface area contributed by atoms with Crippen LogP contribution in [0, 0.1) is 0 Å². The van der Waals surface area contributed by atoms with Gasteiger partial charge in [-0.3, -0.25) is 4.90 Å². The number of nitrogens with zero attached hydrogens (tertiary/aromatic N) is 2. The molecule has 2 aliphatic heterocycles. The Hall–Kier alpha value is -0.0551. The summed E-state index contributed by atoms with van der Waals surface area (Å²) in [6, 6.07) is 0.793. The summed E-state index contributed by atoms with van der Waals surface area (Å²) < 4.78 is 0. The van der Waals surface area contributed by atoms with Crippen molar-refractivity contribution in [3.63, 3.8) is 0 Å². The maximum atomic E-state index is 5.73. The first-order chi connectivity index (χ1) is 6.36. The molecular weight excluding hydrogens is 161 g/mol. The highest BCUT2D eigenvalue weighted by Gasteiger charge is 2.23. The van der Waals surface area contributed by atoms with Crippen LogP contribution < -0.4 is 5.32 Å². The van der Waals surface area contributed by atoms with E-state index >= 15 is 0 Å². The minimum atomic E-state index is 0.793. The second-order valence-corrected chi connectivity index (χ2v) is 4.05. The van der Waals surface area contributed by atoms with Crippen molar-refractivity contribution in [1.29, 1.82) is 0 Å². The maximum absolute atomic E-state index is 5.73. The summed E-state index contributed by atoms with van der Waals surface area (Å²) in [5, 5.41) is 3.39. The molecule has 4 heteroatoms. The van der Waals surface area contributed by atoms with Gasteiger partial charge in [-0.2, -0.15) is 0 Å². The molecule has 72 valence electrons. The van der Waals surface area contributed by atoms with Gasteiger partial charge in [0.1, 0.15) is 0 Å². The highest BCUT2D eigenvalue weighted by atomic mass is 15.2. The summed E-state index contributed by atoms with van der Waals surface area (Å²) in [6.07, 6.45) is 2.49. The third-order valence-corrected chi connectivity index (χ3v) is 3.17. The molecule has 3 nitrogen and oxygen atoms in total. The van der Waals surface area contributed by atoms with Crippen molar-refractivity contribution in [2.24, 2.45) is 0 Å². The van der Waals surface area contributed by atoms with Crippen LogP contribution >= 0.6 is 0 Å². The van der Waals surface area contributed by atoms with Gasteiger partial charge in [-0.05, 0) is 25.9 Å². The van der Waals surface area contributed by atoms with E-state index in [2.05, 4.69) is 10.2 Å². The summed E-state index contributed by atoms with van der Waals surface area (Å²) in [5.41, 5.74) is 0. The van der Waals surface area contributed by atoms with Crippen LogP contribution in [0.4, 0.5) is 0 Å². The molecule has 0 bridgehead atoms. The fourth-order valence-electron chi connectivity index (χ4n) is 2.30. The lowest BCUT2D eigenvalue weighted by Crippen LogP contribution is -2.51. The van der Waals surface area contributed by atoms with Crippen LogP contribution in [0.2, 0.25) is 0 Å². The topological polar surface area (TPSA) is 18.5 Å². The van der Waals surface area contributed by atoms with Crippen molar-refractivity contribution in [2.45, 2.75) is 18.9 Å². The van der Waals surface area contributed by atoms with E-state index in [1.54, 1.807) is 0 Å². The van der Waals surface area contributed by atoms with Crippen LogP contribution in [0.25, 0.3) is 0 Å². The Morgan fingerprint density at radius 2 is 1.62 bits per heavy atom. The molecule has 2 fully saturated rings. The van der Waals surface area contributed by atoms with Crippen molar-refractivity contribution in [3.05, 3.63) is 0 Å². The molecule has 2 rings (SSSR count). The average molecular weight is 179 g/mol. The van der Waals surface area contributed by atoms with Crippen molar-refractivity contribution < 1.29 is 0 Å². The Bertz CT molecular complexity index is 151. The van der Waals surface area contributed by atoms with Gasteiger partial charge in [0.05, 0.1) is 0 Å². The zero-order valence-electron chi connectivity index (χ0n) is 8.21. The smallest absolute Gasteiger partial charge is 0.182 e. The van der Waals surface area contributed by atoms with Crippen LogP contribution in [-0.2, 0) is 0 Å². The minimum Gasteiger partial charge on any atom is -0.353 e. The Kier molecular flexibility index (Phi) is 3.25. The summed E-state index contributed by atoms with van der Waals surface area (Å²) in [6.45, 7) is 6.87. The number of piperazine rings is 1. The largest absolute Gasteiger partial charge is 0.353 e. The number of hydrogen-bond acceptors (Lipinski definition) is 3. The fraction of sp³-hybridized carbons (Fsp3) is 1.00. The van der Waals surface area contributed by atoms with E-state index in [4.69, 9.17) is 7.98 Å². The van der Waals surface area contributed by atoms with E-state index in [-0.39, 0.29) is 0 Å². The highest BCUT2D eigenvalue weighted by molar-refractivity contribution is 6.04. The van der Waals surface area contributed by atoms with E-state index in [0.29, 0.717) is 0 Å². The van der Waals surface area contributed by atoms with Crippen molar-refractivity contribution in [1.82, 2.24) is 15.0 Å². The Morgan fingerprint density at radius 1 is 1.00 bits per heavy atom. The number of nitrogens with one attached hydrogen (secondary N) is 1. The fourth-order valence-corrected chi connectivity index (χ4v) is 2.30. The first kappa shape index (κ1) is 9.50. The van der Waals surface area contributed by atoms with E-state index in [1.807, 2.05) is 4.81 Å². The van der Waals surface area contributed by atoms with E-state index in [0.717, 1.165) is 32.2 Å². The third kappa shape index (κ3) is 2.45. The molecule has 0 aromatic heterocycles. The molecule has 2 heterocycles. The van der Waals surface area contributed by atoms with Crippen LogP contribution in [0.15, 0.2) is 0 Å². The molecule has 2 saturated heterocycles. The number of hydrogen-bond donors (Lipinski definition) is 1. The molecule has 2 radical (unpaired) electrons. The summed E-state index contributed by atoms with van der Waals surface area (Å²) in [5.74, 6) is 0. The summed E-state index contributed by atoms with van der Waals surface area (Å²) in [7, 11) is 5.73. The van der Waals surface area contributed by atoms with Gasteiger partial charge in [-0.25, -0.2) is 0 Å². The summed E-state index contributed by atoms with van der Waals surface area (Å²) in [4.78, 5) is 4.56. The first-order valence-electron chi connectivity index (χ1n) is 5.30. The Labute approximate surface area is 81.9 Å². The maximum Gasteiger partial charge on any atom is 0.182 e. The lowest BCUT2D eigenvalue weighted by Gasteiger charge is -2.39. The minimum absolute atomic E-state index is 0.793.